The van der Waals surface area contributed by atoms with Crippen molar-refractivity contribution >= 4 is 11.6 Å². The van der Waals surface area contributed by atoms with Crippen LogP contribution in [0.25, 0.3) is 28.1 Å². The first kappa shape index (κ1) is 26.1. The van der Waals surface area contributed by atoms with Gasteiger partial charge in [-0.1, -0.05) is 23.7 Å². The van der Waals surface area contributed by atoms with Gasteiger partial charge in [0.15, 0.2) is 0 Å². The van der Waals surface area contributed by atoms with Crippen molar-refractivity contribution in [3.63, 3.8) is 0 Å². The van der Waals surface area contributed by atoms with E-state index in [1.165, 1.54) is 29.2 Å². The van der Waals surface area contributed by atoms with Crippen molar-refractivity contribution in [2.24, 2.45) is 0 Å². The highest BCUT2D eigenvalue weighted by molar-refractivity contribution is 6.31. The zero-order chi connectivity index (χ0) is 28.3. The first-order valence-corrected chi connectivity index (χ1v) is 12.9. The number of halogens is 2. The molecule has 0 amide bonds. The Morgan fingerprint density at radius 1 is 1.02 bits per heavy atom. The number of benzene rings is 2. The molecule has 0 radical (unpaired) electrons. The number of tetrazole rings is 1. The summed E-state index contributed by atoms with van der Waals surface area (Å²) in [5.74, 6) is 0.826. The third-order valence-corrected chi connectivity index (χ3v) is 6.90. The fraction of sp³-hybridized carbons (Fsp3) is 0.103. The highest BCUT2D eigenvalue weighted by atomic mass is 35.5. The molecule has 12 heteroatoms. The Kier molecular flexibility index (Phi) is 7.09. The molecule has 0 aliphatic rings. The third kappa shape index (κ3) is 5.48. The van der Waals surface area contributed by atoms with E-state index < -0.39 is 6.04 Å². The van der Waals surface area contributed by atoms with Gasteiger partial charge in [-0.3, -0.25) is 9.78 Å². The predicted octanol–water partition coefficient (Wildman–Crippen LogP) is 4.91. The molecule has 1 N–H and O–H groups in total. The van der Waals surface area contributed by atoms with Gasteiger partial charge < -0.3 is 14.3 Å². The SMILES string of the molecule is COc1cncc(-c2cnc([C@H](Cc3ccc(F)cc3)n3ccc(-c4cc(Cl)ccc4-n4cnnn4)cc3=O)[nH]2)c1. The quantitative estimate of drug-likeness (QED) is 0.277. The van der Waals surface area contributed by atoms with Crippen molar-refractivity contribution in [2.45, 2.75) is 12.5 Å². The van der Waals surface area contributed by atoms with Crippen LogP contribution in [0.3, 0.4) is 0 Å². The third-order valence-electron chi connectivity index (χ3n) is 6.66. The molecule has 0 unspecified atom stereocenters. The maximum atomic E-state index is 13.7. The number of rotatable bonds is 8. The van der Waals surface area contributed by atoms with Gasteiger partial charge in [-0.05, 0) is 64.0 Å². The zero-order valence-corrected chi connectivity index (χ0v) is 22.4. The normalized spacial score (nSPS) is 11.9. The highest BCUT2D eigenvalue weighted by Crippen LogP contribution is 2.30. The maximum Gasteiger partial charge on any atom is 0.251 e. The second-order valence-corrected chi connectivity index (χ2v) is 9.66. The minimum absolute atomic E-state index is 0.266. The number of methoxy groups -OCH3 is 1. The summed E-state index contributed by atoms with van der Waals surface area (Å²) in [4.78, 5) is 25.8. The molecule has 2 aromatic carbocycles. The van der Waals surface area contributed by atoms with Gasteiger partial charge in [0.2, 0.25) is 0 Å². The number of H-pyrrole nitrogens is 1. The summed E-state index contributed by atoms with van der Waals surface area (Å²) in [5, 5.41) is 11.9. The summed E-state index contributed by atoms with van der Waals surface area (Å²) in [6.45, 7) is 0. The van der Waals surface area contributed by atoms with Crippen LogP contribution < -0.4 is 10.3 Å². The number of aromatic nitrogens is 8. The zero-order valence-electron chi connectivity index (χ0n) is 21.6. The van der Waals surface area contributed by atoms with Crippen molar-refractivity contribution in [3.8, 4) is 33.8 Å². The lowest BCUT2D eigenvalue weighted by Gasteiger charge is -2.19. The largest absolute Gasteiger partial charge is 0.495 e. The van der Waals surface area contributed by atoms with E-state index in [2.05, 4.69) is 30.5 Å². The average Bonchev–Trinajstić information content (AvgIpc) is 3.70. The molecule has 0 fully saturated rings. The molecular weight excluding hydrogens is 547 g/mol. The van der Waals surface area contributed by atoms with E-state index in [0.29, 0.717) is 45.5 Å². The predicted molar refractivity (Wildman–Crippen MR) is 150 cm³/mol. The lowest BCUT2D eigenvalue weighted by atomic mass is 10.0. The van der Waals surface area contributed by atoms with Crippen molar-refractivity contribution in [1.82, 2.24) is 39.7 Å². The summed E-state index contributed by atoms with van der Waals surface area (Å²) in [5.41, 5.74) is 4.06. The van der Waals surface area contributed by atoms with Crippen LogP contribution in [0.1, 0.15) is 17.4 Å². The van der Waals surface area contributed by atoms with E-state index in [-0.39, 0.29) is 11.4 Å². The van der Waals surface area contributed by atoms with Crippen LogP contribution in [0.2, 0.25) is 5.02 Å². The van der Waals surface area contributed by atoms with E-state index >= 15 is 0 Å². The Labute approximate surface area is 238 Å². The molecule has 4 heterocycles. The second kappa shape index (κ2) is 11.1. The summed E-state index contributed by atoms with van der Waals surface area (Å²) in [7, 11) is 1.57. The second-order valence-electron chi connectivity index (χ2n) is 9.22. The lowest BCUT2D eigenvalue weighted by Crippen LogP contribution is -2.27. The summed E-state index contributed by atoms with van der Waals surface area (Å²) in [6, 6.07) is 16.1. The maximum absolute atomic E-state index is 13.7. The number of nitrogens with one attached hydrogen (secondary N) is 1. The number of pyridine rings is 2. The fourth-order valence-corrected chi connectivity index (χ4v) is 4.80. The number of hydrogen-bond acceptors (Lipinski definition) is 7. The minimum Gasteiger partial charge on any atom is -0.495 e. The van der Waals surface area contributed by atoms with Gasteiger partial charge >= 0.3 is 0 Å². The molecule has 0 saturated heterocycles. The molecule has 204 valence electrons. The average molecular weight is 569 g/mol. The Morgan fingerprint density at radius 2 is 1.88 bits per heavy atom. The summed E-state index contributed by atoms with van der Waals surface area (Å²) in [6.07, 6.45) is 8.57. The molecule has 0 spiro atoms. The Morgan fingerprint density at radius 3 is 2.63 bits per heavy atom. The van der Waals surface area contributed by atoms with Crippen LogP contribution >= 0.6 is 11.6 Å². The summed E-state index contributed by atoms with van der Waals surface area (Å²) >= 11 is 6.31. The molecule has 0 aliphatic carbocycles. The molecule has 4 aromatic heterocycles. The van der Waals surface area contributed by atoms with Crippen LogP contribution in [-0.2, 0) is 6.42 Å². The molecule has 41 heavy (non-hydrogen) atoms. The summed E-state index contributed by atoms with van der Waals surface area (Å²) < 4.78 is 22.0. The van der Waals surface area contributed by atoms with Crippen molar-refractivity contribution < 1.29 is 9.13 Å². The molecule has 0 saturated carbocycles. The van der Waals surface area contributed by atoms with Crippen molar-refractivity contribution in [3.05, 3.63) is 124 Å². The van der Waals surface area contributed by atoms with E-state index in [1.807, 2.05) is 12.1 Å². The molecule has 10 nitrogen and oxygen atoms in total. The van der Waals surface area contributed by atoms with Gasteiger partial charge in [-0.25, -0.2) is 9.37 Å². The van der Waals surface area contributed by atoms with Gasteiger partial charge in [0.1, 0.15) is 23.7 Å². The standard InChI is InChI=1S/C29H22ClFN8O2/c1-41-23-11-20(14-32-15-23)25-16-33-29(35-25)27(10-18-2-5-22(31)6-3-18)38-9-8-19(12-28(38)40)24-13-21(30)4-7-26(24)39-17-34-36-37-39/h2-9,11-17,27H,10H2,1H3,(H,33,35)/t27-/m0/s1. The Bertz CT molecular complexity index is 1870. The van der Waals surface area contributed by atoms with Gasteiger partial charge in [0.25, 0.3) is 5.56 Å². The molecule has 6 aromatic rings. The molecule has 0 aliphatic heterocycles. The topological polar surface area (TPSA) is 116 Å². The lowest BCUT2D eigenvalue weighted by molar-refractivity contribution is 0.413. The first-order chi connectivity index (χ1) is 20.0. The number of hydrogen-bond donors (Lipinski definition) is 1. The van der Waals surface area contributed by atoms with Crippen LogP contribution in [0, 0.1) is 5.82 Å². The van der Waals surface area contributed by atoms with E-state index in [9.17, 15) is 9.18 Å². The van der Waals surface area contributed by atoms with Crippen LogP contribution in [0.5, 0.6) is 5.75 Å². The minimum atomic E-state index is -0.521. The van der Waals surface area contributed by atoms with Gasteiger partial charge in [0.05, 0.1) is 36.9 Å². The van der Waals surface area contributed by atoms with Gasteiger partial charge in [-0.2, -0.15) is 4.68 Å². The smallest absolute Gasteiger partial charge is 0.251 e. The van der Waals surface area contributed by atoms with Crippen molar-refractivity contribution in [2.75, 3.05) is 7.11 Å². The molecular formula is C29H22ClFN8O2. The number of aromatic amines is 1. The van der Waals surface area contributed by atoms with E-state index in [0.717, 1.165) is 11.1 Å². The number of nitrogens with zero attached hydrogens (tertiary/aromatic N) is 7. The van der Waals surface area contributed by atoms with Gasteiger partial charge in [0, 0.05) is 41.0 Å². The van der Waals surface area contributed by atoms with E-state index in [1.54, 1.807) is 66.8 Å². The van der Waals surface area contributed by atoms with Crippen LogP contribution in [0.15, 0.2) is 96.6 Å². The highest BCUT2D eigenvalue weighted by Gasteiger charge is 2.21. The Balaban J connectivity index is 1.41. The van der Waals surface area contributed by atoms with Crippen LogP contribution in [-0.4, -0.2) is 46.8 Å². The number of ether oxygens (including phenoxy) is 1. The van der Waals surface area contributed by atoms with Gasteiger partial charge in [-0.15, -0.1) is 5.10 Å². The number of imidazole rings is 1. The Hall–Kier alpha value is -5.16. The van der Waals surface area contributed by atoms with Crippen LogP contribution in [0.4, 0.5) is 4.39 Å². The first-order valence-electron chi connectivity index (χ1n) is 12.5. The molecule has 0 bridgehead atoms. The molecule has 6 rings (SSSR count). The monoisotopic (exact) mass is 568 g/mol. The fourth-order valence-electron chi connectivity index (χ4n) is 4.63. The molecule has 1 atom stereocenters. The van der Waals surface area contributed by atoms with E-state index in [4.69, 9.17) is 16.3 Å². The van der Waals surface area contributed by atoms with Crippen molar-refractivity contribution in [1.29, 1.82) is 0 Å².